The Bertz CT molecular complexity index is 1080. The molecule has 0 atom stereocenters. The first-order valence-corrected chi connectivity index (χ1v) is 10.3. The van der Waals surface area contributed by atoms with Gasteiger partial charge in [-0.15, -0.1) is 5.10 Å². The van der Waals surface area contributed by atoms with Crippen LogP contribution < -0.4 is 20.6 Å². The fourth-order valence-corrected chi connectivity index (χ4v) is 3.71. The van der Waals surface area contributed by atoms with E-state index in [1.165, 1.54) is 17.2 Å². The summed E-state index contributed by atoms with van der Waals surface area (Å²) in [5.74, 6) is 1.52. The lowest BCUT2D eigenvalue weighted by Gasteiger charge is -2.20. The number of fused-ring (bicyclic) bond motifs is 1. The molecule has 0 saturated carbocycles. The number of hydrogen-bond donors (Lipinski definition) is 1. The number of nitrogens with one attached hydrogen (secondary N) is 1. The lowest BCUT2D eigenvalue weighted by Crippen LogP contribution is -2.32. The zero-order valence-electron chi connectivity index (χ0n) is 17.1. The number of amides is 1. The van der Waals surface area contributed by atoms with Crippen molar-refractivity contribution in [2.75, 3.05) is 25.1 Å². The smallest absolute Gasteiger partial charge is 0.352 e. The summed E-state index contributed by atoms with van der Waals surface area (Å²) in [6.45, 7) is 2.05. The summed E-state index contributed by atoms with van der Waals surface area (Å²) in [7, 11) is 1.59. The van der Waals surface area contributed by atoms with Crippen LogP contribution in [0.1, 0.15) is 31.2 Å². The molecule has 0 radical (unpaired) electrons. The van der Waals surface area contributed by atoms with Gasteiger partial charge in [-0.1, -0.05) is 31.0 Å². The van der Waals surface area contributed by atoms with Crippen LogP contribution in [0.25, 0.3) is 5.78 Å². The zero-order valence-corrected chi connectivity index (χ0v) is 17.1. The van der Waals surface area contributed by atoms with Crippen molar-refractivity contribution in [1.29, 1.82) is 0 Å². The van der Waals surface area contributed by atoms with Crippen LogP contribution >= 0.6 is 0 Å². The molecule has 2 aromatic heterocycles. The molecule has 0 unspecified atom stereocenters. The molecule has 1 aliphatic rings. The van der Waals surface area contributed by atoms with Gasteiger partial charge in [0.15, 0.2) is 0 Å². The van der Waals surface area contributed by atoms with E-state index in [0.717, 1.165) is 42.0 Å². The second-order valence-electron chi connectivity index (χ2n) is 7.39. The fourth-order valence-electron chi connectivity index (χ4n) is 3.71. The molecule has 0 spiro atoms. The van der Waals surface area contributed by atoms with Gasteiger partial charge < -0.3 is 15.0 Å². The summed E-state index contributed by atoms with van der Waals surface area (Å²) < 4.78 is 7.80. The average Bonchev–Trinajstić information content (AvgIpc) is 2.94. The Morgan fingerprint density at radius 1 is 1.13 bits per heavy atom. The third-order valence-corrected chi connectivity index (χ3v) is 5.33. The van der Waals surface area contributed by atoms with Crippen molar-refractivity contribution in [3.05, 3.63) is 52.6 Å². The number of benzene rings is 1. The molecular formula is C21H26N6O3. The van der Waals surface area contributed by atoms with Crippen LogP contribution in [-0.4, -0.2) is 45.3 Å². The lowest BCUT2D eigenvalue weighted by atomic mass is 10.2. The Balaban J connectivity index is 1.46. The van der Waals surface area contributed by atoms with Gasteiger partial charge in [-0.2, -0.15) is 4.98 Å². The van der Waals surface area contributed by atoms with E-state index >= 15 is 0 Å². The van der Waals surface area contributed by atoms with E-state index in [2.05, 4.69) is 20.3 Å². The van der Waals surface area contributed by atoms with Crippen molar-refractivity contribution in [1.82, 2.24) is 24.5 Å². The topological polar surface area (TPSA) is 93.8 Å². The van der Waals surface area contributed by atoms with Gasteiger partial charge in [0, 0.05) is 31.4 Å². The number of methoxy groups -OCH3 is 1. The van der Waals surface area contributed by atoms with Gasteiger partial charge in [0.25, 0.3) is 5.78 Å². The number of para-hydroxylation sites is 1. The summed E-state index contributed by atoms with van der Waals surface area (Å²) in [4.78, 5) is 31.8. The zero-order chi connectivity index (χ0) is 20.9. The molecule has 0 aliphatic carbocycles. The summed E-state index contributed by atoms with van der Waals surface area (Å²) in [5, 5.41) is 7.07. The van der Waals surface area contributed by atoms with E-state index in [-0.39, 0.29) is 18.1 Å². The first-order chi connectivity index (χ1) is 14.7. The highest BCUT2D eigenvalue weighted by molar-refractivity contribution is 5.75. The number of ether oxygens (including phenoxy) is 1. The van der Waals surface area contributed by atoms with Gasteiger partial charge in [-0.05, 0) is 25.0 Å². The first kappa shape index (κ1) is 19.9. The highest BCUT2D eigenvalue weighted by Crippen LogP contribution is 2.18. The van der Waals surface area contributed by atoms with Crippen LogP contribution in [0.2, 0.25) is 0 Å². The maximum atomic E-state index is 12.6. The highest BCUT2D eigenvalue weighted by atomic mass is 16.5. The molecule has 1 amide bonds. The minimum Gasteiger partial charge on any atom is -0.496 e. The number of carbonyl (C=O) groups excluding carboxylic acids is 1. The summed E-state index contributed by atoms with van der Waals surface area (Å²) in [5.41, 5.74) is 0.479. The normalized spacial score (nSPS) is 14.5. The minimum absolute atomic E-state index is 0.170. The van der Waals surface area contributed by atoms with Crippen LogP contribution in [0.4, 0.5) is 5.82 Å². The number of anilines is 1. The molecule has 158 valence electrons. The number of carbonyl (C=O) groups is 1. The van der Waals surface area contributed by atoms with Crippen LogP contribution in [0.5, 0.6) is 5.75 Å². The maximum Gasteiger partial charge on any atom is 0.352 e. The van der Waals surface area contributed by atoms with E-state index < -0.39 is 0 Å². The Hall–Kier alpha value is -3.36. The van der Waals surface area contributed by atoms with Crippen molar-refractivity contribution in [2.45, 2.75) is 38.8 Å². The molecule has 30 heavy (non-hydrogen) atoms. The standard InChI is InChI=1S/C21H26N6O3/c1-30-17-9-5-4-8-16(17)14-22-19(28)15-27-21(29)26-13-10-18(23-20(26)24-27)25-11-6-2-3-7-12-25/h4-5,8-10,13H,2-3,6-7,11-12,14-15H2,1H3,(H,22,28). The van der Waals surface area contributed by atoms with Crippen LogP contribution in [0, 0.1) is 0 Å². The third-order valence-electron chi connectivity index (χ3n) is 5.33. The van der Waals surface area contributed by atoms with E-state index in [4.69, 9.17) is 4.74 Å². The third kappa shape index (κ3) is 4.29. The van der Waals surface area contributed by atoms with Crippen molar-refractivity contribution in [3.63, 3.8) is 0 Å². The van der Waals surface area contributed by atoms with E-state index in [1.807, 2.05) is 30.3 Å². The molecule has 1 aromatic carbocycles. The van der Waals surface area contributed by atoms with Crippen molar-refractivity contribution < 1.29 is 9.53 Å². The molecule has 9 heteroatoms. The van der Waals surface area contributed by atoms with Crippen molar-refractivity contribution in [3.8, 4) is 5.75 Å². The monoisotopic (exact) mass is 410 g/mol. The molecule has 9 nitrogen and oxygen atoms in total. The fraction of sp³-hybridized carbons (Fsp3) is 0.429. The minimum atomic E-state index is -0.382. The summed E-state index contributed by atoms with van der Waals surface area (Å²) in [6.07, 6.45) is 6.43. The predicted molar refractivity (Wildman–Crippen MR) is 113 cm³/mol. The highest BCUT2D eigenvalue weighted by Gasteiger charge is 2.16. The molecule has 3 aromatic rings. The molecule has 0 bridgehead atoms. The van der Waals surface area contributed by atoms with Gasteiger partial charge in [-0.25, -0.2) is 13.9 Å². The van der Waals surface area contributed by atoms with Crippen LogP contribution in [-0.2, 0) is 17.9 Å². The van der Waals surface area contributed by atoms with E-state index in [9.17, 15) is 9.59 Å². The number of rotatable bonds is 6. The summed E-state index contributed by atoms with van der Waals surface area (Å²) in [6, 6.07) is 9.30. The molecule has 1 aliphatic heterocycles. The van der Waals surface area contributed by atoms with Gasteiger partial charge in [0.05, 0.1) is 7.11 Å². The second-order valence-corrected chi connectivity index (χ2v) is 7.39. The Labute approximate surface area is 174 Å². The largest absolute Gasteiger partial charge is 0.496 e. The van der Waals surface area contributed by atoms with Crippen molar-refractivity contribution in [2.24, 2.45) is 0 Å². The molecule has 3 heterocycles. The predicted octanol–water partition coefficient (Wildman–Crippen LogP) is 1.60. The Morgan fingerprint density at radius 2 is 1.90 bits per heavy atom. The molecule has 1 N–H and O–H groups in total. The Morgan fingerprint density at radius 3 is 2.67 bits per heavy atom. The van der Waals surface area contributed by atoms with Gasteiger partial charge in [-0.3, -0.25) is 4.79 Å². The van der Waals surface area contributed by atoms with Crippen molar-refractivity contribution >= 4 is 17.5 Å². The van der Waals surface area contributed by atoms with Crippen LogP contribution in [0.3, 0.4) is 0 Å². The van der Waals surface area contributed by atoms with Gasteiger partial charge >= 0.3 is 5.69 Å². The molecule has 1 fully saturated rings. The van der Waals surface area contributed by atoms with E-state index in [0.29, 0.717) is 18.1 Å². The lowest BCUT2D eigenvalue weighted by molar-refractivity contribution is -0.122. The molecular weight excluding hydrogens is 384 g/mol. The number of aromatic nitrogens is 4. The molecule has 4 rings (SSSR count). The number of hydrogen-bond acceptors (Lipinski definition) is 6. The van der Waals surface area contributed by atoms with Gasteiger partial charge in [0.2, 0.25) is 5.91 Å². The van der Waals surface area contributed by atoms with Gasteiger partial charge in [0.1, 0.15) is 18.1 Å². The average molecular weight is 410 g/mol. The first-order valence-electron chi connectivity index (χ1n) is 10.3. The molecule has 1 saturated heterocycles. The van der Waals surface area contributed by atoms with E-state index in [1.54, 1.807) is 13.3 Å². The van der Waals surface area contributed by atoms with Crippen LogP contribution in [0.15, 0.2) is 41.3 Å². The number of nitrogens with zero attached hydrogens (tertiary/aromatic N) is 5. The maximum absolute atomic E-state index is 12.6. The summed E-state index contributed by atoms with van der Waals surface area (Å²) >= 11 is 0. The Kier molecular flexibility index (Phi) is 5.97. The second kappa shape index (κ2) is 8.98. The SMILES string of the molecule is COc1ccccc1CNC(=O)Cn1nc2nc(N3CCCCCC3)ccn2c1=O. The quantitative estimate of drug-likeness (QED) is 0.663.